The topological polar surface area (TPSA) is 75.6 Å². The first-order valence-corrected chi connectivity index (χ1v) is 11.1. The zero-order valence-corrected chi connectivity index (χ0v) is 15.7. The van der Waals surface area contributed by atoms with Gasteiger partial charge in [-0.25, -0.2) is 4.21 Å². The Balaban J connectivity index is 1.45. The Morgan fingerprint density at radius 2 is 1.78 bits per heavy atom. The summed E-state index contributed by atoms with van der Waals surface area (Å²) < 4.78 is 17.0. The molecule has 138 valence electrons. The zero-order chi connectivity index (χ0) is 18.6. The molecule has 5 rings (SSSR count). The van der Waals surface area contributed by atoms with Gasteiger partial charge in [-0.05, 0) is 79.0 Å². The number of amides is 2. The van der Waals surface area contributed by atoms with Gasteiger partial charge in [0.2, 0.25) is 5.91 Å². The number of anilines is 1. The summed E-state index contributed by atoms with van der Waals surface area (Å²) in [6.07, 6.45) is 6.53. The monoisotopic (exact) mass is 380 g/mol. The molecule has 6 heteroatoms. The summed E-state index contributed by atoms with van der Waals surface area (Å²) in [5.74, 6) is -1.14. The Morgan fingerprint density at radius 1 is 1.04 bits per heavy atom. The van der Waals surface area contributed by atoms with Gasteiger partial charge in [0, 0.05) is 5.69 Å². The van der Waals surface area contributed by atoms with Crippen molar-refractivity contribution in [2.75, 3.05) is 11.1 Å². The molecule has 0 aromatic heterocycles. The molecule has 0 radical (unpaired) electrons. The Bertz CT molecular complexity index is 1130. The van der Waals surface area contributed by atoms with Crippen molar-refractivity contribution in [1.29, 1.82) is 0 Å². The zero-order valence-electron chi connectivity index (χ0n) is 14.9. The highest BCUT2D eigenvalue weighted by molar-refractivity contribution is 7.95. The minimum absolute atomic E-state index is 0.290. The van der Waals surface area contributed by atoms with Gasteiger partial charge in [-0.3, -0.25) is 9.59 Å². The number of rotatable bonds is 3. The van der Waals surface area contributed by atoms with Gasteiger partial charge in [0.25, 0.3) is 5.91 Å². The summed E-state index contributed by atoms with van der Waals surface area (Å²) >= 11 is 0. The van der Waals surface area contributed by atoms with Crippen LogP contribution < -0.4 is 5.32 Å². The third-order valence-electron chi connectivity index (χ3n) is 5.78. The van der Waals surface area contributed by atoms with Crippen LogP contribution in [0.4, 0.5) is 5.69 Å². The third-order valence-corrected chi connectivity index (χ3v) is 7.94. The summed E-state index contributed by atoms with van der Waals surface area (Å²) in [7, 11) is -3.04. The molecule has 2 aliphatic carbocycles. The van der Waals surface area contributed by atoms with Gasteiger partial charge in [0.15, 0.2) is 0 Å². The smallest absolute Gasteiger partial charge is 0.286 e. The molecule has 2 aromatic rings. The fraction of sp³-hybridized carbons (Fsp3) is 0.333. The minimum Gasteiger partial charge on any atom is -0.325 e. The molecule has 1 atom stereocenters. The van der Waals surface area contributed by atoms with E-state index in [1.54, 1.807) is 24.3 Å². The van der Waals surface area contributed by atoms with E-state index in [1.807, 2.05) is 0 Å². The van der Waals surface area contributed by atoms with Gasteiger partial charge in [-0.1, -0.05) is 12.1 Å². The van der Waals surface area contributed by atoms with Crippen molar-refractivity contribution in [2.24, 2.45) is 4.36 Å². The third kappa shape index (κ3) is 2.62. The largest absolute Gasteiger partial charge is 0.325 e. The van der Waals surface area contributed by atoms with E-state index < -0.39 is 15.6 Å². The van der Waals surface area contributed by atoms with Crippen molar-refractivity contribution in [2.45, 2.75) is 43.4 Å². The standard InChI is InChI=1S/C21H20N2O3S/c24-20(12-27(26)19-10-2-1-6-17(19)21(25)23-27)22-18-11-13-5-3-7-14(13)15-8-4-9-16(15)18/h1-2,6,10-11H,3-5,7-9,12H2,(H,22,24). The van der Waals surface area contributed by atoms with E-state index in [4.69, 9.17) is 0 Å². The average molecular weight is 380 g/mol. The van der Waals surface area contributed by atoms with E-state index in [2.05, 4.69) is 15.7 Å². The van der Waals surface area contributed by atoms with Crippen LogP contribution in [0, 0.1) is 0 Å². The number of nitrogens with zero attached hydrogens (tertiary/aromatic N) is 1. The molecule has 2 amide bonds. The van der Waals surface area contributed by atoms with Gasteiger partial charge < -0.3 is 5.32 Å². The van der Waals surface area contributed by atoms with Crippen LogP contribution in [0.5, 0.6) is 0 Å². The average Bonchev–Trinajstić information content (AvgIpc) is 3.34. The van der Waals surface area contributed by atoms with Gasteiger partial charge in [0.1, 0.15) is 5.75 Å². The SMILES string of the molecule is O=C(CS1(=O)=NC(=O)c2ccccc21)Nc1cc2c(c3c1CCC3)CCC2. The number of carbonyl (C=O) groups excluding carboxylic acids is 2. The first kappa shape index (κ1) is 16.7. The highest BCUT2D eigenvalue weighted by atomic mass is 32.2. The van der Waals surface area contributed by atoms with Crippen LogP contribution >= 0.6 is 0 Å². The number of fused-ring (bicyclic) bond motifs is 4. The van der Waals surface area contributed by atoms with Gasteiger partial charge in [-0.15, -0.1) is 0 Å². The second-order valence-corrected chi connectivity index (χ2v) is 9.64. The number of hydrogen-bond donors (Lipinski definition) is 1. The number of nitrogens with one attached hydrogen (secondary N) is 1. The Kier molecular flexibility index (Phi) is 3.72. The minimum atomic E-state index is -3.04. The quantitative estimate of drug-likeness (QED) is 0.888. The molecule has 5 nitrogen and oxygen atoms in total. The number of benzene rings is 2. The molecule has 3 aliphatic rings. The molecule has 1 N–H and O–H groups in total. The van der Waals surface area contributed by atoms with E-state index in [-0.39, 0.29) is 11.7 Å². The van der Waals surface area contributed by atoms with Crippen molar-refractivity contribution in [3.63, 3.8) is 0 Å². The molecule has 1 aliphatic heterocycles. The first-order valence-electron chi connectivity index (χ1n) is 9.40. The van der Waals surface area contributed by atoms with Crippen LogP contribution in [0.25, 0.3) is 0 Å². The van der Waals surface area contributed by atoms with Crippen LogP contribution in [0.15, 0.2) is 39.6 Å². The van der Waals surface area contributed by atoms with Crippen LogP contribution in [0.3, 0.4) is 0 Å². The van der Waals surface area contributed by atoms with E-state index >= 15 is 0 Å². The Morgan fingerprint density at radius 3 is 2.67 bits per heavy atom. The lowest BCUT2D eigenvalue weighted by Crippen LogP contribution is -2.23. The van der Waals surface area contributed by atoms with Crippen molar-refractivity contribution in [3.8, 4) is 0 Å². The summed E-state index contributed by atoms with van der Waals surface area (Å²) in [5.41, 5.74) is 6.66. The molecule has 2 aromatic carbocycles. The lowest BCUT2D eigenvalue weighted by molar-refractivity contribution is -0.113. The van der Waals surface area contributed by atoms with Crippen molar-refractivity contribution >= 4 is 27.2 Å². The molecule has 1 heterocycles. The highest BCUT2D eigenvalue weighted by Gasteiger charge is 2.31. The highest BCUT2D eigenvalue weighted by Crippen LogP contribution is 2.38. The lowest BCUT2D eigenvalue weighted by atomic mass is 9.98. The van der Waals surface area contributed by atoms with Crippen molar-refractivity contribution < 1.29 is 13.8 Å². The maximum Gasteiger partial charge on any atom is 0.286 e. The van der Waals surface area contributed by atoms with Crippen molar-refractivity contribution in [1.82, 2.24) is 0 Å². The molecule has 0 bridgehead atoms. The molecule has 0 fully saturated rings. The maximum absolute atomic E-state index is 13.2. The molecular weight excluding hydrogens is 360 g/mol. The van der Waals surface area contributed by atoms with E-state index in [1.165, 1.54) is 28.7 Å². The molecular formula is C21H20N2O3S. The normalized spacial score (nSPS) is 22.1. The van der Waals surface area contributed by atoms with E-state index in [0.717, 1.165) is 37.8 Å². The second-order valence-electron chi connectivity index (χ2n) is 7.45. The summed E-state index contributed by atoms with van der Waals surface area (Å²) in [6.45, 7) is 0. The fourth-order valence-corrected chi connectivity index (χ4v) is 6.55. The predicted molar refractivity (Wildman–Crippen MR) is 104 cm³/mol. The summed E-state index contributed by atoms with van der Waals surface area (Å²) in [6, 6.07) is 8.77. The van der Waals surface area contributed by atoms with Gasteiger partial charge in [0.05, 0.1) is 20.2 Å². The molecule has 27 heavy (non-hydrogen) atoms. The lowest BCUT2D eigenvalue weighted by Gasteiger charge is -2.15. The van der Waals surface area contributed by atoms with Crippen LogP contribution in [-0.2, 0) is 40.2 Å². The maximum atomic E-state index is 13.2. The fourth-order valence-electron chi connectivity index (χ4n) is 4.65. The molecule has 0 spiro atoms. The summed E-state index contributed by atoms with van der Waals surface area (Å²) in [5, 5.41) is 2.98. The van der Waals surface area contributed by atoms with Crippen LogP contribution in [0.1, 0.15) is 45.5 Å². The molecule has 0 saturated carbocycles. The first-order chi connectivity index (χ1) is 13.0. The van der Waals surface area contributed by atoms with Crippen molar-refractivity contribution in [3.05, 3.63) is 58.1 Å². The van der Waals surface area contributed by atoms with Crippen LogP contribution in [0.2, 0.25) is 0 Å². The number of aryl methyl sites for hydroxylation is 1. The summed E-state index contributed by atoms with van der Waals surface area (Å²) in [4.78, 5) is 25.1. The number of carbonyl (C=O) groups is 2. The molecule has 1 unspecified atom stereocenters. The van der Waals surface area contributed by atoms with Gasteiger partial charge in [-0.2, -0.15) is 4.36 Å². The Hall–Kier alpha value is -2.47. The van der Waals surface area contributed by atoms with Crippen LogP contribution in [-0.4, -0.2) is 21.8 Å². The van der Waals surface area contributed by atoms with Gasteiger partial charge >= 0.3 is 0 Å². The van der Waals surface area contributed by atoms with E-state index in [9.17, 15) is 13.8 Å². The second kappa shape index (κ2) is 6.02. The van der Waals surface area contributed by atoms with E-state index in [0.29, 0.717) is 10.5 Å². The Labute approximate surface area is 158 Å². The molecule has 0 saturated heterocycles. The predicted octanol–water partition coefficient (Wildman–Crippen LogP) is 3.28. The number of hydrogen-bond acceptors (Lipinski definition) is 3.